The average Bonchev–Trinajstić information content (AvgIpc) is 2.61. The lowest BCUT2D eigenvalue weighted by atomic mass is 10.1. The van der Waals surface area contributed by atoms with Crippen LogP contribution in [0.3, 0.4) is 0 Å². The SMILES string of the molecule is CCCNC(Cc1nc(C)c(C)s1)C(C)S(C)(=O)=O. The molecule has 2 unspecified atom stereocenters. The van der Waals surface area contributed by atoms with E-state index < -0.39 is 15.1 Å². The Labute approximate surface area is 120 Å². The second-order valence-corrected chi connectivity index (χ2v) is 8.74. The molecule has 0 aliphatic carbocycles. The number of thiazole rings is 1. The van der Waals surface area contributed by atoms with Gasteiger partial charge >= 0.3 is 0 Å². The average molecular weight is 304 g/mol. The fraction of sp³-hybridized carbons (Fsp3) is 0.769. The Morgan fingerprint density at radius 3 is 2.42 bits per heavy atom. The van der Waals surface area contributed by atoms with E-state index in [4.69, 9.17) is 0 Å². The molecule has 1 N–H and O–H groups in total. The number of nitrogens with zero attached hydrogens (tertiary/aromatic N) is 1. The molecule has 2 atom stereocenters. The van der Waals surface area contributed by atoms with Gasteiger partial charge in [-0.05, 0) is 33.7 Å². The third-order valence-electron chi connectivity index (χ3n) is 3.37. The lowest BCUT2D eigenvalue weighted by Crippen LogP contribution is -2.44. The van der Waals surface area contributed by atoms with Crippen LogP contribution in [0.15, 0.2) is 0 Å². The molecule has 0 fully saturated rings. The van der Waals surface area contributed by atoms with Gasteiger partial charge in [-0.15, -0.1) is 11.3 Å². The summed E-state index contributed by atoms with van der Waals surface area (Å²) in [6.07, 6.45) is 2.97. The van der Waals surface area contributed by atoms with E-state index in [0.717, 1.165) is 23.7 Å². The number of aryl methyl sites for hydroxylation is 2. The summed E-state index contributed by atoms with van der Waals surface area (Å²) in [7, 11) is -3.04. The van der Waals surface area contributed by atoms with Crippen molar-refractivity contribution in [2.45, 2.75) is 51.8 Å². The first-order chi connectivity index (χ1) is 8.75. The van der Waals surface area contributed by atoms with Gasteiger partial charge in [0.05, 0.1) is 16.0 Å². The van der Waals surface area contributed by atoms with Crippen LogP contribution >= 0.6 is 11.3 Å². The van der Waals surface area contributed by atoms with Gasteiger partial charge in [0.1, 0.15) is 0 Å². The lowest BCUT2D eigenvalue weighted by molar-refractivity contribution is 0.481. The van der Waals surface area contributed by atoms with Crippen molar-refractivity contribution in [3.8, 4) is 0 Å². The molecule has 110 valence electrons. The van der Waals surface area contributed by atoms with Gasteiger partial charge in [0.25, 0.3) is 0 Å². The summed E-state index contributed by atoms with van der Waals surface area (Å²) in [6, 6.07) is -0.0695. The number of sulfone groups is 1. The van der Waals surface area contributed by atoms with Crippen LogP contribution in [-0.4, -0.2) is 37.5 Å². The molecule has 0 aliphatic rings. The molecule has 19 heavy (non-hydrogen) atoms. The van der Waals surface area contributed by atoms with E-state index in [2.05, 4.69) is 17.2 Å². The van der Waals surface area contributed by atoms with Gasteiger partial charge in [-0.2, -0.15) is 0 Å². The molecule has 1 aromatic heterocycles. The molecule has 0 aromatic carbocycles. The summed E-state index contributed by atoms with van der Waals surface area (Å²) in [5.74, 6) is 0. The third kappa shape index (κ3) is 4.85. The normalized spacial score (nSPS) is 15.4. The van der Waals surface area contributed by atoms with E-state index in [9.17, 15) is 8.42 Å². The van der Waals surface area contributed by atoms with Crippen LogP contribution in [0.5, 0.6) is 0 Å². The largest absolute Gasteiger partial charge is 0.312 e. The van der Waals surface area contributed by atoms with Gasteiger partial charge in [0, 0.05) is 23.6 Å². The second kappa shape index (κ2) is 6.81. The van der Waals surface area contributed by atoms with Gasteiger partial charge in [0.15, 0.2) is 9.84 Å². The van der Waals surface area contributed by atoms with Crippen molar-refractivity contribution in [2.24, 2.45) is 0 Å². The van der Waals surface area contributed by atoms with Crippen molar-refractivity contribution in [3.63, 3.8) is 0 Å². The summed E-state index contributed by atoms with van der Waals surface area (Å²) in [6.45, 7) is 8.71. The Hall–Kier alpha value is -0.460. The number of aromatic nitrogens is 1. The maximum atomic E-state index is 11.7. The molecule has 1 aromatic rings. The minimum atomic E-state index is -3.04. The molecule has 0 spiro atoms. The predicted molar refractivity (Wildman–Crippen MR) is 81.7 cm³/mol. The van der Waals surface area contributed by atoms with Crippen LogP contribution in [0.4, 0.5) is 0 Å². The summed E-state index contributed by atoms with van der Waals surface area (Å²) in [4.78, 5) is 5.71. The van der Waals surface area contributed by atoms with E-state index in [-0.39, 0.29) is 6.04 Å². The van der Waals surface area contributed by atoms with Gasteiger partial charge in [0.2, 0.25) is 0 Å². The lowest BCUT2D eigenvalue weighted by Gasteiger charge is -2.23. The van der Waals surface area contributed by atoms with Gasteiger partial charge in [-0.1, -0.05) is 6.92 Å². The van der Waals surface area contributed by atoms with Gasteiger partial charge in [-0.25, -0.2) is 13.4 Å². The highest BCUT2D eigenvalue weighted by atomic mass is 32.2. The summed E-state index contributed by atoms with van der Waals surface area (Å²) in [5, 5.41) is 3.95. The van der Waals surface area contributed by atoms with Crippen molar-refractivity contribution < 1.29 is 8.42 Å². The molecule has 0 bridgehead atoms. The Bertz CT molecular complexity index is 489. The molecule has 0 aliphatic heterocycles. The minimum Gasteiger partial charge on any atom is -0.312 e. The Morgan fingerprint density at radius 2 is 2.00 bits per heavy atom. The molecule has 4 nitrogen and oxygen atoms in total. The van der Waals surface area contributed by atoms with Gasteiger partial charge < -0.3 is 5.32 Å². The van der Waals surface area contributed by atoms with Crippen molar-refractivity contribution in [3.05, 3.63) is 15.6 Å². The zero-order chi connectivity index (χ0) is 14.6. The molecule has 0 saturated heterocycles. The second-order valence-electron chi connectivity index (χ2n) is 5.05. The Balaban J connectivity index is 2.85. The Kier molecular flexibility index (Phi) is 5.95. The molecule has 0 amide bonds. The van der Waals surface area contributed by atoms with Crippen LogP contribution in [0.1, 0.15) is 35.8 Å². The van der Waals surface area contributed by atoms with E-state index in [1.165, 1.54) is 11.1 Å². The zero-order valence-corrected chi connectivity index (χ0v) is 14.0. The first kappa shape index (κ1) is 16.6. The fourth-order valence-electron chi connectivity index (χ4n) is 1.85. The monoisotopic (exact) mass is 304 g/mol. The highest BCUT2D eigenvalue weighted by Crippen LogP contribution is 2.20. The number of hydrogen-bond donors (Lipinski definition) is 1. The minimum absolute atomic E-state index is 0.0695. The molecular weight excluding hydrogens is 280 g/mol. The van der Waals surface area contributed by atoms with Crippen LogP contribution in [-0.2, 0) is 16.3 Å². The smallest absolute Gasteiger partial charge is 0.151 e. The molecule has 6 heteroatoms. The standard InChI is InChI=1S/C13H24N2O2S2/c1-6-7-14-12(11(4)19(5,16)17)8-13-15-9(2)10(3)18-13/h11-12,14H,6-8H2,1-5H3. The van der Waals surface area contributed by atoms with Crippen LogP contribution in [0.25, 0.3) is 0 Å². The van der Waals surface area contributed by atoms with Crippen LogP contribution in [0.2, 0.25) is 0 Å². The van der Waals surface area contributed by atoms with E-state index >= 15 is 0 Å². The summed E-state index contributed by atoms with van der Waals surface area (Å²) < 4.78 is 23.5. The highest BCUT2D eigenvalue weighted by molar-refractivity contribution is 7.91. The van der Waals surface area contributed by atoms with Crippen molar-refractivity contribution >= 4 is 21.2 Å². The van der Waals surface area contributed by atoms with Crippen molar-refractivity contribution in [2.75, 3.05) is 12.8 Å². The number of rotatable bonds is 7. The Morgan fingerprint density at radius 1 is 1.37 bits per heavy atom. The van der Waals surface area contributed by atoms with Crippen molar-refractivity contribution in [1.29, 1.82) is 0 Å². The van der Waals surface area contributed by atoms with Crippen molar-refractivity contribution in [1.82, 2.24) is 10.3 Å². The predicted octanol–water partition coefficient (Wildman–Crippen LogP) is 2.10. The highest BCUT2D eigenvalue weighted by Gasteiger charge is 2.26. The quantitative estimate of drug-likeness (QED) is 0.838. The summed E-state index contributed by atoms with van der Waals surface area (Å²) >= 11 is 1.66. The number of hydrogen-bond acceptors (Lipinski definition) is 5. The first-order valence-electron chi connectivity index (χ1n) is 6.60. The van der Waals surface area contributed by atoms with Gasteiger partial charge in [-0.3, -0.25) is 0 Å². The maximum absolute atomic E-state index is 11.7. The number of nitrogens with one attached hydrogen (secondary N) is 1. The maximum Gasteiger partial charge on any atom is 0.151 e. The third-order valence-corrected chi connectivity index (χ3v) is 6.14. The van der Waals surface area contributed by atoms with Crippen LogP contribution in [0, 0.1) is 13.8 Å². The zero-order valence-electron chi connectivity index (χ0n) is 12.4. The molecular formula is C13H24N2O2S2. The van der Waals surface area contributed by atoms with E-state index in [1.54, 1.807) is 18.3 Å². The fourth-order valence-corrected chi connectivity index (χ4v) is 3.63. The summed E-state index contributed by atoms with van der Waals surface area (Å²) in [5.41, 5.74) is 1.04. The molecule has 0 radical (unpaired) electrons. The molecule has 1 heterocycles. The topological polar surface area (TPSA) is 59.1 Å². The van der Waals surface area contributed by atoms with E-state index in [0.29, 0.717) is 6.42 Å². The first-order valence-corrected chi connectivity index (χ1v) is 9.38. The molecule has 1 rings (SSSR count). The van der Waals surface area contributed by atoms with Crippen LogP contribution < -0.4 is 5.32 Å². The van der Waals surface area contributed by atoms with E-state index in [1.807, 2.05) is 13.8 Å². The molecule has 0 saturated carbocycles.